The van der Waals surface area contributed by atoms with E-state index in [0.717, 1.165) is 11.1 Å². The fraction of sp³-hybridized carbons (Fsp3) is 0.240. The third kappa shape index (κ3) is 5.64. The summed E-state index contributed by atoms with van der Waals surface area (Å²) in [4.78, 5) is 13.1. The Bertz CT molecular complexity index is 1250. The van der Waals surface area contributed by atoms with Crippen LogP contribution in [-0.4, -0.2) is 28.5 Å². The fourth-order valence-electron chi connectivity index (χ4n) is 3.28. The number of carbonyl (C=O) groups is 1. The zero-order chi connectivity index (χ0) is 24.2. The first-order valence-electron chi connectivity index (χ1n) is 10.4. The first kappa shape index (κ1) is 24.1. The molecule has 0 aliphatic carbocycles. The lowest BCUT2D eigenvalue weighted by Crippen LogP contribution is -2.27. The van der Waals surface area contributed by atoms with Crippen LogP contribution in [0.15, 0.2) is 65.6 Å². The predicted octanol–water partition coefficient (Wildman–Crippen LogP) is 4.61. The molecular formula is C25H28N2O5S. The van der Waals surface area contributed by atoms with Crippen LogP contribution < -0.4 is 19.5 Å². The molecule has 2 N–H and O–H groups in total. The number of ether oxygens (including phenoxy) is 2. The lowest BCUT2D eigenvalue weighted by molar-refractivity contribution is 0.0940. The van der Waals surface area contributed by atoms with E-state index in [1.54, 1.807) is 69.7 Å². The van der Waals surface area contributed by atoms with Crippen molar-refractivity contribution in [2.75, 3.05) is 18.9 Å². The number of sulfonamides is 1. The second kappa shape index (κ2) is 9.95. The number of amides is 1. The molecule has 8 heteroatoms. The number of methoxy groups -OCH3 is 2. The monoisotopic (exact) mass is 468 g/mol. The van der Waals surface area contributed by atoms with E-state index >= 15 is 0 Å². The van der Waals surface area contributed by atoms with Crippen LogP contribution in [0.4, 0.5) is 5.69 Å². The smallest absolute Gasteiger partial charge is 0.261 e. The second-order valence-electron chi connectivity index (χ2n) is 7.76. The number of aryl methyl sites for hydroxylation is 2. The SMILES string of the molecule is COc1ccc([C@H](C)NC(=O)c2ccc(C)c(NS(=O)(=O)c3ccc(C)cc3)c2)cc1OC. The Kier molecular flexibility index (Phi) is 7.28. The van der Waals surface area contributed by atoms with Gasteiger partial charge in [0.05, 0.1) is 30.8 Å². The van der Waals surface area contributed by atoms with Crippen molar-refractivity contribution >= 4 is 21.6 Å². The average molecular weight is 469 g/mol. The van der Waals surface area contributed by atoms with Crippen molar-refractivity contribution in [1.82, 2.24) is 5.32 Å². The molecule has 33 heavy (non-hydrogen) atoms. The molecule has 1 atom stereocenters. The molecule has 0 aromatic heterocycles. The summed E-state index contributed by atoms with van der Waals surface area (Å²) in [6.07, 6.45) is 0. The van der Waals surface area contributed by atoms with Crippen LogP contribution in [-0.2, 0) is 10.0 Å². The predicted molar refractivity (Wildman–Crippen MR) is 129 cm³/mol. The Morgan fingerprint density at radius 3 is 2.18 bits per heavy atom. The van der Waals surface area contributed by atoms with Gasteiger partial charge in [-0.15, -0.1) is 0 Å². The molecule has 0 bridgehead atoms. The highest BCUT2D eigenvalue weighted by molar-refractivity contribution is 7.92. The molecule has 0 heterocycles. The molecule has 7 nitrogen and oxygen atoms in total. The maximum atomic E-state index is 12.9. The summed E-state index contributed by atoms with van der Waals surface area (Å²) in [6, 6.07) is 16.6. The van der Waals surface area contributed by atoms with Gasteiger partial charge in [0.1, 0.15) is 0 Å². The molecule has 0 radical (unpaired) electrons. The fourth-order valence-corrected chi connectivity index (χ4v) is 4.40. The van der Waals surface area contributed by atoms with Gasteiger partial charge in [0, 0.05) is 5.56 Å². The molecule has 3 aromatic rings. The number of hydrogen-bond donors (Lipinski definition) is 2. The average Bonchev–Trinajstić information content (AvgIpc) is 2.80. The van der Waals surface area contributed by atoms with Gasteiger partial charge >= 0.3 is 0 Å². The van der Waals surface area contributed by atoms with Gasteiger partial charge in [0.2, 0.25) is 0 Å². The topological polar surface area (TPSA) is 93.7 Å². The van der Waals surface area contributed by atoms with Gasteiger partial charge in [-0.25, -0.2) is 8.42 Å². The summed E-state index contributed by atoms with van der Waals surface area (Å²) >= 11 is 0. The Balaban J connectivity index is 1.79. The third-order valence-electron chi connectivity index (χ3n) is 5.33. The molecule has 0 spiro atoms. The van der Waals surface area contributed by atoms with Crippen LogP contribution in [0.5, 0.6) is 11.5 Å². The lowest BCUT2D eigenvalue weighted by atomic mass is 10.1. The quantitative estimate of drug-likeness (QED) is 0.503. The standard InChI is InChI=1S/C25H28N2O5S/c1-16-6-11-21(12-7-16)33(29,30)27-22-14-20(9-8-17(22)2)25(28)26-18(3)19-10-13-23(31-4)24(15-19)32-5/h6-15,18,27H,1-5H3,(H,26,28)/t18-/m0/s1. The van der Waals surface area contributed by atoms with Gasteiger partial charge in [0.25, 0.3) is 15.9 Å². The molecule has 0 aliphatic rings. The summed E-state index contributed by atoms with van der Waals surface area (Å²) in [5, 5.41) is 2.94. The maximum Gasteiger partial charge on any atom is 0.261 e. The highest BCUT2D eigenvalue weighted by Gasteiger charge is 2.18. The minimum atomic E-state index is -3.78. The number of hydrogen-bond acceptors (Lipinski definition) is 5. The minimum Gasteiger partial charge on any atom is -0.493 e. The molecule has 1 amide bonds. The van der Waals surface area contributed by atoms with Crippen molar-refractivity contribution in [3.05, 3.63) is 82.9 Å². The molecule has 174 valence electrons. The van der Waals surface area contributed by atoms with E-state index < -0.39 is 10.0 Å². The van der Waals surface area contributed by atoms with Crippen molar-refractivity contribution in [1.29, 1.82) is 0 Å². The van der Waals surface area contributed by atoms with Crippen LogP contribution in [0.1, 0.15) is 40.0 Å². The second-order valence-corrected chi connectivity index (χ2v) is 9.44. The van der Waals surface area contributed by atoms with Crippen LogP contribution in [0, 0.1) is 13.8 Å². The van der Waals surface area contributed by atoms with Gasteiger partial charge in [-0.05, 0) is 68.3 Å². The van der Waals surface area contributed by atoms with Gasteiger partial charge in [-0.1, -0.05) is 29.8 Å². The van der Waals surface area contributed by atoms with E-state index in [4.69, 9.17) is 9.47 Å². The van der Waals surface area contributed by atoms with E-state index in [0.29, 0.717) is 28.3 Å². The van der Waals surface area contributed by atoms with Crippen molar-refractivity contribution in [3.8, 4) is 11.5 Å². The van der Waals surface area contributed by atoms with Gasteiger partial charge in [-0.2, -0.15) is 0 Å². The normalized spacial score (nSPS) is 12.0. The Morgan fingerprint density at radius 2 is 1.55 bits per heavy atom. The summed E-state index contributed by atoms with van der Waals surface area (Å²) in [7, 11) is -0.671. The van der Waals surface area contributed by atoms with Gasteiger partial charge < -0.3 is 14.8 Å². The van der Waals surface area contributed by atoms with Crippen molar-refractivity contribution in [2.45, 2.75) is 31.7 Å². The minimum absolute atomic E-state index is 0.157. The van der Waals surface area contributed by atoms with Crippen LogP contribution in [0.2, 0.25) is 0 Å². The first-order chi connectivity index (χ1) is 15.6. The largest absolute Gasteiger partial charge is 0.493 e. The van der Waals surface area contributed by atoms with Crippen LogP contribution in [0.3, 0.4) is 0 Å². The van der Waals surface area contributed by atoms with Gasteiger partial charge in [0.15, 0.2) is 11.5 Å². The number of anilines is 1. The Hall–Kier alpha value is -3.52. The molecule has 0 saturated carbocycles. The van der Waals surface area contributed by atoms with E-state index in [1.807, 2.05) is 19.9 Å². The Labute approximate surface area is 194 Å². The number of benzene rings is 3. The van der Waals surface area contributed by atoms with Crippen LogP contribution in [0.25, 0.3) is 0 Å². The maximum absolute atomic E-state index is 12.9. The van der Waals surface area contributed by atoms with Gasteiger partial charge in [-0.3, -0.25) is 9.52 Å². The molecular weight excluding hydrogens is 440 g/mol. The van der Waals surface area contributed by atoms with Crippen molar-refractivity contribution in [2.24, 2.45) is 0 Å². The first-order valence-corrected chi connectivity index (χ1v) is 11.9. The molecule has 3 rings (SSSR count). The number of rotatable bonds is 8. The lowest BCUT2D eigenvalue weighted by Gasteiger charge is -2.17. The summed E-state index contributed by atoms with van der Waals surface area (Å²) in [5.74, 6) is 0.844. The molecule has 3 aromatic carbocycles. The molecule has 0 unspecified atom stereocenters. The zero-order valence-corrected chi connectivity index (χ0v) is 20.1. The van der Waals surface area contributed by atoms with E-state index in [2.05, 4.69) is 10.0 Å². The summed E-state index contributed by atoms with van der Waals surface area (Å²) < 4.78 is 38.8. The molecule has 0 fully saturated rings. The zero-order valence-electron chi connectivity index (χ0n) is 19.3. The summed E-state index contributed by atoms with van der Waals surface area (Å²) in [5.41, 5.74) is 3.20. The highest BCUT2D eigenvalue weighted by atomic mass is 32.2. The third-order valence-corrected chi connectivity index (χ3v) is 6.71. The van der Waals surface area contributed by atoms with E-state index in [-0.39, 0.29) is 16.8 Å². The van der Waals surface area contributed by atoms with E-state index in [1.165, 1.54) is 6.07 Å². The number of nitrogens with one attached hydrogen (secondary N) is 2. The van der Waals surface area contributed by atoms with Crippen LogP contribution >= 0.6 is 0 Å². The Morgan fingerprint density at radius 1 is 0.879 bits per heavy atom. The number of carbonyl (C=O) groups excluding carboxylic acids is 1. The van der Waals surface area contributed by atoms with Crippen molar-refractivity contribution < 1.29 is 22.7 Å². The molecule has 0 aliphatic heterocycles. The van der Waals surface area contributed by atoms with Crippen molar-refractivity contribution in [3.63, 3.8) is 0 Å². The summed E-state index contributed by atoms with van der Waals surface area (Å²) in [6.45, 7) is 5.52. The highest BCUT2D eigenvalue weighted by Crippen LogP contribution is 2.30. The van der Waals surface area contributed by atoms with E-state index in [9.17, 15) is 13.2 Å². The molecule has 0 saturated heterocycles.